The van der Waals surface area contributed by atoms with Crippen LogP contribution in [0.5, 0.6) is 5.75 Å². The molecule has 0 amide bonds. The first-order valence-electron chi connectivity index (χ1n) is 4.39. The van der Waals surface area contributed by atoms with Crippen molar-refractivity contribution in [2.45, 2.75) is 23.8 Å². The smallest absolute Gasteiger partial charge is 0.141 e. The average molecular weight is 214 g/mol. The van der Waals surface area contributed by atoms with Gasteiger partial charge in [0.25, 0.3) is 0 Å². The highest BCUT2D eigenvalue weighted by Gasteiger charge is 2.34. The Bertz CT molecular complexity index is 377. The van der Waals surface area contributed by atoms with Crippen LogP contribution in [0.2, 0.25) is 0 Å². The molecule has 0 fully saturated rings. The van der Waals surface area contributed by atoms with Crippen LogP contribution in [0, 0.1) is 5.82 Å². The third-order valence-corrected chi connectivity index (χ3v) is 2.81. The van der Waals surface area contributed by atoms with Crippen LogP contribution in [0.25, 0.3) is 0 Å². The van der Waals surface area contributed by atoms with Crippen molar-refractivity contribution in [3.8, 4) is 5.75 Å². The molecule has 0 spiro atoms. The van der Waals surface area contributed by atoms with Gasteiger partial charge in [-0.3, -0.25) is 0 Å². The molecule has 4 heteroatoms. The molecule has 76 valence electrons. The lowest BCUT2D eigenvalue weighted by Crippen LogP contribution is -2.30. The summed E-state index contributed by atoms with van der Waals surface area (Å²) in [6.07, 6.45) is 0.397. The fraction of sp³-hybridized carbons (Fsp3) is 0.400. The van der Waals surface area contributed by atoms with Crippen molar-refractivity contribution in [3.63, 3.8) is 0 Å². The van der Waals surface area contributed by atoms with Crippen LogP contribution in [0.15, 0.2) is 17.0 Å². The molecule has 0 aromatic heterocycles. The maximum absolute atomic E-state index is 13.5. The second-order valence-electron chi connectivity index (χ2n) is 3.64. The first kappa shape index (κ1) is 9.80. The van der Waals surface area contributed by atoms with Gasteiger partial charge < -0.3 is 9.84 Å². The van der Waals surface area contributed by atoms with Crippen LogP contribution in [0.1, 0.15) is 18.9 Å². The molecule has 0 radical (unpaired) electrons. The molecule has 14 heavy (non-hydrogen) atoms. The van der Waals surface area contributed by atoms with Gasteiger partial charge in [-0.25, -0.2) is 4.39 Å². The molecule has 1 aromatic carbocycles. The third kappa shape index (κ3) is 1.38. The minimum Gasteiger partial charge on any atom is -0.492 e. The second-order valence-corrected chi connectivity index (χ2v) is 4.12. The van der Waals surface area contributed by atoms with Gasteiger partial charge in [0.05, 0.1) is 17.8 Å². The number of halogens is 1. The Labute approximate surface area is 87.1 Å². The van der Waals surface area contributed by atoms with Gasteiger partial charge in [-0.15, -0.1) is 12.6 Å². The SMILES string of the molecule is CC1(O)CCOc2c(S)ccc(F)c21. The van der Waals surface area contributed by atoms with Crippen molar-refractivity contribution < 1.29 is 14.2 Å². The predicted octanol–water partition coefficient (Wildman–Crippen LogP) is 2.10. The average Bonchev–Trinajstić information content (AvgIpc) is 2.10. The minimum atomic E-state index is -1.16. The van der Waals surface area contributed by atoms with E-state index in [1.54, 1.807) is 6.92 Å². The fourth-order valence-electron chi connectivity index (χ4n) is 1.67. The summed E-state index contributed by atoms with van der Waals surface area (Å²) < 4.78 is 18.8. The molecular weight excluding hydrogens is 203 g/mol. The number of hydrogen-bond acceptors (Lipinski definition) is 3. The van der Waals surface area contributed by atoms with Crippen molar-refractivity contribution in [2.75, 3.05) is 6.61 Å². The maximum atomic E-state index is 13.5. The highest BCUT2D eigenvalue weighted by atomic mass is 32.1. The quantitative estimate of drug-likeness (QED) is 0.648. The normalized spacial score (nSPS) is 25.4. The highest BCUT2D eigenvalue weighted by molar-refractivity contribution is 7.80. The monoisotopic (exact) mass is 214 g/mol. The van der Waals surface area contributed by atoms with Gasteiger partial charge in [-0.05, 0) is 19.1 Å². The van der Waals surface area contributed by atoms with Crippen LogP contribution < -0.4 is 4.74 Å². The minimum absolute atomic E-state index is 0.219. The Morgan fingerprint density at radius 3 is 2.93 bits per heavy atom. The van der Waals surface area contributed by atoms with Gasteiger partial charge in [0.2, 0.25) is 0 Å². The van der Waals surface area contributed by atoms with Gasteiger partial charge in [0.15, 0.2) is 0 Å². The molecule has 2 rings (SSSR count). The van der Waals surface area contributed by atoms with Crippen molar-refractivity contribution in [1.82, 2.24) is 0 Å². The zero-order chi connectivity index (χ0) is 10.3. The van der Waals surface area contributed by atoms with Gasteiger partial charge >= 0.3 is 0 Å². The van der Waals surface area contributed by atoms with Crippen molar-refractivity contribution in [2.24, 2.45) is 0 Å². The molecule has 1 aliphatic rings. The Balaban J connectivity index is 2.67. The summed E-state index contributed by atoms with van der Waals surface area (Å²) in [6.45, 7) is 1.97. The summed E-state index contributed by atoms with van der Waals surface area (Å²) >= 11 is 4.16. The largest absolute Gasteiger partial charge is 0.492 e. The summed E-state index contributed by atoms with van der Waals surface area (Å²) in [6, 6.07) is 2.82. The Kier molecular flexibility index (Phi) is 2.20. The van der Waals surface area contributed by atoms with E-state index in [9.17, 15) is 9.50 Å². The zero-order valence-corrected chi connectivity index (χ0v) is 8.64. The number of ether oxygens (including phenoxy) is 1. The summed E-state index contributed by atoms with van der Waals surface area (Å²) in [5, 5.41) is 9.98. The van der Waals surface area contributed by atoms with Crippen LogP contribution in [0.4, 0.5) is 4.39 Å². The van der Waals surface area contributed by atoms with E-state index < -0.39 is 11.4 Å². The number of rotatable bonds is 0. The maximum Gasteiger partial charge on any atom is 0.141 e. The first-order valence-corrected chi connectivity index (χ1v) is 4.84. The number of fused-ring (bicyclic) bond motifs is 1. The molecule has 1 aromatic rings. The van der Waals surface area contributed by atoms with E-state index in [0.717, 1.165) is 0 Å². The summed E-state index contributed by atoms with van der Waals surface area (Å²) in [5.41, 5.74) is -0.938. The molecule has 1 aliphatic heterocycles. The van der Waals surface area contributed by atoms with Gasteiger partial charge in [0.1, 0.15) is 11.6 Å². The van der Waals surface area contributed by atoms with E-state index in [1.165, 1.54) is 12.1 Å². The molecule has 1 atom stereocenters. The highest BCUT2D eigenvalue weighted by Crippen LogP contribution is 2.41. The van der Waals surface area contributed by atoms with Crippen molar-refractivity contribution in [3.05, 3.63) is 23.5 Å². The van der Waals surface area contributed by atoms with Crippen molar-refractivity contribution in [1.29, 1.82) is 0 Å². The van der Waals surface area contributed by atoms with Crippen LogP contribution >= 0.6 is 12.6 Å². The Hall–Kier alpha value is -0.740. The van der Waals surface area contributed by atoms with E-state index in [4.69, 9.17) is 4.74 Å². The van der Waals surface area contributed by atoms with E-state index in [-0.39, 0.29) is 5.56 Å². The second kappa shape index (κ2) is 3.14. The Morgan fingerprint density at radius 1 is 1.57 bits per heavy atom. The number of thiol groups is 1. The Morgan fingerprint density at radius 2 is 2.29 bits per heavy atom. The lowest BCUT2D eigenvalue weighted by molar-refractivity contribution is 0.00973. The lowest BCUT2D eigenvalue weighted by Gasteiger charge is -2.31. The molecule has 2 nitrogen and oxygen atoms in total. The van der Waals surface area contributed by atoms with Gasteiger partial charge in [-0.2, -0.15) is 0 Å². The van der Waals surface area contributed by atoms with Crippen molar-refractivity contribution >= 4 is 12.6 Å². The predicted molar refractivity (Wildman–Crippen MR) is 53.3 cm³/mol. The van der Waals surface area contributed by atoms with E-state index in [2.05, 4.69) is 12.6 Å². The third-order valence-electron chi connectivity index (χ3n) is 2.46. The molecule has 0 saturated heterocycles. The molecule has 0 aliphatic carbocycles. The molecule has 1 unspecified atom stereocenters. The standard InChI is InChI=1S/C10H11FO2S/c1-10(12)4-5-13-9-7(14)3-2-6(11)8(9)10/h2-3,12,14H,4-5H2,1H3. The van der Waals surface area contributed by atoms with E-state index in [1.807, 2.05) is 0 Å². The van der Waals surface area contributed by atoms with E-state index >= 15 is 0 Å². The molecule has 1 N–H and O–H groups in total. The topological polar surface area (TPSA) is 29.5 Å². The van der Waals surface area contributed by atoms with Crippen LogP contribution in [-0.2, 0) is 5.60 Å². The summed E-state index contributed by atoms with van der Waals surface area (Å²) in [4.78, 5) is 0.557. The number of hydrogen-bond donors (Lipinski definition) is 2. The lowest BCUT2D eigenvalue weighted by atomic mass is 9.90. The van der Waals surface area contributed by atoms with Crippen LogP contribution in [-0.4, -0.2) is 11.7 Å². The molecule has 1 heterocycles. The van der Waals surface area contributed by atoms with Gasteiger partial charge in [0, 0.05) is 11.3 Å². The number of benzene rings is 1. The summed E-state index contributed by atoms with van der Waals surface area (Å²) in [5.74, 6) is -0.0768. The summed E-state index contributed by atoms with van der Waals surface area (Å²) in [7, 11) is 0. The van der Waals surface area contributed by atoms with E-state index in [0.29, 0.717) is 23.7 Å². The fourth-order valence-corrected chi connectivity index (χ4v) is 1.92. The van der Waals surface area contributed by atoms with Gasteiger partial charge in [-0.1, -0.05) is 0 Å². The molecule has 0 saturated carbocycles. The first-order chi connectivity index (χ1) is 6.52. The van der Waals surface area contributed by atoms with Crippen LogP contribution in [0.3, 0.4) is 0 Å². The zero-order valence-electron chi connectivity index (χ0n) is 7.75. The number of aliphatic hydroxyl groups is 1. The molecular formula is C10H11FO2S. The molecule has 0 bridgehead atoms.